The third-order valence-electron chi connectivity index (χ3n) is 6.14. The van der Waals surface area contributed by atoms with Gasteiger partial charge in [0.25, 0.3) is 0 Å². The zero-order valence-corrected chi connectivity index (χ0v) is 21.0. The maximum Gasteiger partial charge on any atom is 0.432 e. The van der Waals surface area contributed by atoms with Crippen LogP contribution in [-0.4, -0.2) is 0 Å². The summed E-state index contributed by atoms with van der Waals surface area (Å²) in [4.78, 5) is 0. The van der Waals surface area contributed by atoms with Gasteiger partial charge in [0.05, 0.1) is 0 Å². The molecule has 3 aromatic carbocycles. The lowest BCUT2D eigenvalue weighted by Crippen LogP contribution is -2.25. The Morgan fingerprint density at radius 2 is 1.25 bits per heavy atom. The molecule has 0 atom stereocenters. The molecule has 0 aliphatic rings. The van der Waals surface area contributed by atoms with Crippen LogP contribution in [-0.2, 0) is 19.0 Å². The first kappa shape index (κ1) is 27.6. The smallest absolute Gasteiger partial charge is 0.432 e. The van der Waals surface area contributed by atoms with E-state index in [1.807, 2.05) is 6.92 Å². The average Bonchev–Trinajstić information content (AvgIpc) is 2.86. The lowest BCUT2D eigenvalue weighted by atomic mass is 10.0. The van der Waals surface area contributed by atoms with Crippen LogP contribution in [0.4, 0.5) is 17.6 Å². The number of alkyl halides is 2. The standard InChI is InChI=1S/C30H34F4O2/c1-3-5-6-7-8-9-10-11-23-14-18-25(19-15-23)36-30(33,34)28-26(31)20-21-27(29(28)32)35-24-16-12-22(4-2)13-17-24/h12-21H,3-11H2,1-2H3. The van der Waals surface area contributed by atoms with Crippen LogP contribution < -0.4 is 9.47 Å². The number of hydrogen-bond acceptors (Lipinski definition) is 2. The Kier molecular flexibility index (Phi) is 10.2. The summed E-state index contributed by atoms with van der Waals surface area (Å²) in [6.07, 6.45) is 5.73. The summed E-state index contributed by atoms with van der Waals surface area (Å²) < 4.78 is 69.3. The second-order valence-electron chi connectivity index (χ2n) is 8.97. The molecule has 0 aliphatic carbocycles. The molecule has 0 unspecified atom stereocenters. The van der Waals surface area contributed by atoms with Gasteiger partial charge in [0, 0.05) is 0 Å². The molecule has 3 aromatic rings. The number of unbranched alkanes of at least 4 members (excludes halogenated alkanes) is 6. The first-order chi connectivity index (χ1) is 17.3. The Morgan fingerprint density at radius 3 is 1.89 bits per heavy atom. The van der Waals surface area contributed by atoms with Crippen molar-refractivity contribution in [1.82, 2.24) is 0 Å². The molecule has 0 spiro atoms. The Balaban J connectivity index is 1.63. The van der Waals surface area contributed by atoms with Gasteiger partial charge in [-0.2, -0.15) is 8.78 Å². The topological polar surface area (TPSA) is 18.5 Å². The van der Waals surface area contributed by atoms with Crippen LogP contribution in [0.2, 0.25) is 0 Å². The highest BCUT2D eigenvalue weighted by Gasteiger charge is 2.42. The normalized spacial score (nSPS) is 11.5. The van der Waals surface area contributed by atoms with Crippen molar-refractivity contribution in [3.05, 3.63) is 89.0 Å². The molecule has 0 saturated carbocycles. The van der Waals surface area contributed by atoms with Crippen molar-refractivity contribution in [3.8, 4) is 17.2 Å². The van der Waals surface area contributed by atoms with Gasteiger partial charge < -0.3 is 9.47 Å². The van der Waals surface area contributed by atoms with Crippen LogP contribution >= 0.6 is 0 Å². The van der Waals surface area contributed by atoms with E-state index in [0.717, 1.165) is 48.9 Å². The Morgan fingerprint density at radius 1 is 0.667 bits per heavy atom. The van der Waals surface area contributed by atoms with Gasteiger partial charge in [-0.05, 0) is 66.8 Å². The summed E-state index contributed by atoms with van der Waals surface area (Å²) in [6.45, 7) is 4.17. The van der Waals surface area contributed by atoms with Gasteiger partial charge in [-0.3, -0.25) is 0 Å². The van der Waals surface area contributed by atoms with Crippen LogP contribution in [0.5, 0.6) is 17.2 Å². The van der Waals surface area contributed by atoms with Gasteiger partial charge in [-0.15, -0.1) is 0 Å². The first-order valence-electron chi connectivity index (χ1n) is 12.7. The second kappa shape index (κ2) is 13.3. The first-order valence-corrected chi connectivity index (χ1v) is 12.7. The summed E-state index contributed by atoms with van der Waals surface area (Å²) in [6, 6.07) is 14.7. The fourth-order valence-corrected chi connectivity index (χ4v) is 4.01. The maximum atomic E-state index is 15.0. The van der Waals surface area contributed by atoms with E-state index in [2.05, 4.69) is 6.92 Å². The Bertz CT molecular complexity index is 1080. The number of rotatable bonds is 14. The molecule has 0 aliphatic heterocycles. The number of ether oxygens (including phenoxy) is 2. The summed E-state index contributed by atoms with van der Waals surface area (Å²) in [5.41, 5.74) is 0.550. The van der Waals surface area contributed by atoms with Crippen LogP contribution in [0.15, 0.2) is 60.7 Å². The second-order valence-corrected chi connectivity index (χ2v) is 8.97. The average molecular weight is 503 g/mol. The van der Waals surface area contributed by atoms with E-state index >= 15 is 0 Å². The molecule has 36 heavy (non-hydrogen) atoms. The SMILES string of the molecule is CCCCCCCCCc1ccc(OC(F)(F)c2c(F)ccc(Oc3ccc(CC)cc3)c2F)cc1. The number of benzene rings is 3. The van der Waals surface area contributed by atoms with E-state index in [1.165, 1.54) is 44.2 Å². The van der Waals surface area contributed by atoms with Crippen LogP contribution in [0.3, 0.4) is 0 Å². The summed E-state index contributed by atoms with van der Waals surface area (Å²) >= 11 is 0. The molecule has 2 nitrogen and oxygen atoms in total. The molecule has 194 valence electrons. The molecule has 3 rings (SSSR count). The number of hydrogen-bond donors (Lipinski definition) is 0. The van der Waals surface area contributed by atoms with Gasteiger partial charge >= 0.3 is 6.11 Å². The van der Waals surface area contributed by atoms with E-state index in [-0.39, 0.29) is 11.5 Å². The fourth-order valence-electron chi connectivity index (χ4n) is 4.01. The predicted molar refractivity (Wildman–Crippen MR) is 135 cm³/mol. The van der Waals surface area contributed by atoms with E-state index in [9.17, 15) is 17.6 Å². The molecule has 0 bridgehead atoms. The van der Waals surface area contributed by atoms with Gasteiger partial charge in [-0.1, -0.05) is 76.6 Å². The summed E-state index contributed by atoms with van der Waals surface area (Å²) in [5, 5.41) is 0. The molecule has 6 heteroatoms. The van der Waals surface area contributed by atoms with Crippen molar-refractivity contribution < 1.29 is 27.0 Å². The van der Waals surface area contributed by atoms with Gasteiger partial charge in [-0.25, -0.2) is 8.78 Å². The van der Waals surface area contributed by atoms with Gasteiger partial charge in [0.2, 0.25) is 0 Å². The molecule has 0 radical (unpaired) electrons. The minimum atomic E-state index is -4.24. The lowest BCUT2D eigenvalue weighted by Gasteiger charge is -2.20. The Hall–Kier alpha value is -3.02. The lowest BCUT2D eigenvalue weighted by molar-refractivity contribution is -0.189. The van der Waals surface area contributed by atoms with E-state index in [0.29, 0.717) is 0 Å². The number of aryl methyl sites for hydroxylation is 2. The number of halogens is 4. The highest BCUT2D eigenvalue weighted by atomic mass is 19.3. The van der Waals surface area contributed by atoms with Gasteiger partial charge in [0.1, 0.15) is 22.9 Å². The molecule has 0 aromatic heterocycles. The van der Waals surface area contributed by atoms with Crippen molar-refractivity contribution in [2.24, 2.45) is 0 Å². The third-order valence-corrected chi connectivity index (χ3v) is 6.14. The van der Waals surface area contributed by atoms with Gasteiger partial charge in [0.15, 0.2) is 11.6 Å². The van der Waals surface area contributed by atoms with E-state index < -0.39 is 29.1 Å². The molecule has 0 fully saturated rings. The highest BCUT2D eigenvalue weighted by molar-refractivity contribution is 5.39. The third kappa shape index (κ3) is 7.74. The molecule has 0 N–H and O–H groups in total. The summed E-state index contributed by atoms with van der Waals surface area (Å²) in [5.74, 6) is -3.35. The van der Waals surface area contributed by atoms with Crippen LogP contribution in [0.1, 0.15) is 75.5 Å². The van der Waals surface area contributed by atoms with E-state index in [4.69, 9.17) is 9.47 Å². The van der Waals surface area contributed by atoms with Crippen LogP contribution in [0.25, 0.3) is 0 Å². The molecule has 0 amide bonds. The quantitative estimate of drug-likeness (QED) is 0.161. The summed E-state index contributed by atoms with van der Waals surface area (Å²) in [7, 11) is 0. The zero-order valence-electron chi connectivity index (χ0n) is 21.0. The minimum absolute atomic E-state index is 0.177. The predicted octanol–water partition coefficient (Wildman–Crippen LogP) is 9.74. The van der Waals surface area contributed by atoms with Crippen molar-refractivity contribution >= 4 is 0 Å². The zero-order chi connectivity index (χ0) is 26.0. The van der Waals surface area contributed by atoms with Crippen molar-refractivity contribution in [3.63, 3.8) is 0 Å². The fraction of sp³-hybridized carbons (Fsp3) is 0.400. The largest absolute Gasteiger partial charge is 0.454 e. The molecule has 0 saturated heterocycles. The Labute approximate surface area is 211 Å². The highest BCUT2D eigenvalue weighted by Crippen LogP contribution is 2.39. The van der Waals surface area contributed by atoms with Crippen molar-refractivity contribution in [1.29, 1.82) is 0 Å². The van der Waals surface area contributed by atoms with E-state index in [1.54, 1.807) is 36.4 Å². The monoisotopic (exact) mass is 502 g/mol. The van der Waals surface area contributed by atoms with Crippen LogP contribution in [0, 0.1) is 11.6 Å². The molecular weight excluding hydrogens is 468 g/mol. The van der Waals surface area contributed by atoms with Crippen molar-refractivity contribution in [2.45, 2.75) is 77.7 Å². The minimum Gasteiger partial charge on any atom is -0.454 e. The maximum absolute atomic E-state index is 15.0. The molecule has 0 heterocycles. The molecular formula is C30H34F4O2. The van der Waals surface area contributed by atoms with Crippen molar-refractivity contribution in [2.75, 3.05) is 0 Å².